The summed E-state index contributed by atoms with van der Waals surface area (Å²) >= 11 is 0. The fourth-order valence-electron chi connectivity index (χ4n) is 2.64. The Morgan fingerprint density at radius 3 is 2.58 bits per heavy atom. The van der Waals surface area contributed by atoms with E-state index in [2.05, 4.69) is 9.97 Å². The minimum Gasteiger partial charge on any atom is -0.472 e. The molecule has 1 atom stereocenters. The third-order valence-electron chi connectivity index (χ3n) is 3.92. The van der Waals surface area contributed by atoms with Crippen molar-refractivity contribution in [2.24, 2.45) is 0 Å². The van der Waals surface area contributed by atoms with E-state index >= 15 is 0 Å². The molecule has 0 bridgehead atoms. The molecular formula is C17H19FN4O2. The zero-order valence-electron chi connectivity index (χ0n) is 13.8. The van der Waals surface area contributed by atoms with Gasteiger partial charge in [0, 0.05) is 5.69 Å². The summed E-state index contributed by atoms with van der Waals surface area (Å²) < 4.78 is 19.7. The van der Waals surface area contributed by atoms with E-state index in [0.29, 0.717) is 17.8 Å². The van der Waals surface area contributed by atoms with Gasteiger partial charge in [0.15, 0.2) is 0 Å². The van der Waals surface area contributed by atoms with Gasteiger partial charge in [-0.1, -0.05) is 12.1 Å². The lowest BCUT2D eigenvalue weighted by Gasteiger charge is -2.23. The molecule has 2 aromatic rings. The molecule has 0 saturated heterocycles. The first-order valence-electron chi connectivity index (χ1n) is 7.66. The molecule has 6 nitrogen and oxygen atoms in total. The third kappa shape index (κ3) is 2.89. The Morgan fingerprint density at radius 2 is 1.96 bits per heavy atom. The molecule has 2 heterocycles. The van der Waals surface area contributed by atoms with Gasteiger partial charge in [0.05, 0.1) is 6.54 Å². The van der Waals surface area contributed by atoms with Gasteiger partial charge in [0.1, 0.15) is 29.5 Å². The topological polar surface area (TPSA) is 81.3 Å². The van der Waals surface area contributed by atoms with Gasteiger partial charge in [-0.25, -0.2) is 14.4 Å². The number of alkyl halides is 1. The van der Waals surface area contributed by atoms with Crippen LogP contribution < -0.4 is 15.4 Å². The second-order valence-corrected chi connectivity index (χ2v) is 6.30. The molecule has 1 aliphatic heterocycles. The molecule has 0 unspecified atom stereocenters. The molecule has 7 heteroatoms. The van der Waals surface area contributed by atoms with E-state index in [1.54, 1.807) is 29.2 Å². The number of carbonyl (C=O) groups excluding carboxylic acids is 1. The van der Waals surface area contributed by atoms with Gasteiger partial charge in [-0.3, -0.25) is 4.79 Å². The standard InChI is InChI=1S/C17H19FN4O2/c1-10-8-22(12-6-4-11(5-7-12)17(2,3)18)16(23)13-14(19)20-9-21-15(13)24-10/h4-7,9-10H,8H2,1-3H3,(H2,19,20,21)/t10-/m1/s1. The molecule has 126 valence electrons. The highest BCUT2D eigenvalue weighted by Gasteiger charge is 2.31. The van der Waals surface area contributed by atoms with Gasteiger partial charge in [-0.2, -0.15) is 0 Å². The summed E-state index contributed by atoms with van der Waals surface area (Å²) in [5.74, 6) is -0.0747. The minimum absolute atomic E-state index is 0.0746. The molecule has 24 heavy (non-hydrogen) atoms. The smallest absolute Gasteiger partial charge is 0.267 e. The number of carbonyl (C=O) groups is 1. The number of aromatic nitrogens is 2. The van der Waals surface area contributed by atoms with E-state index in [0.717, 1.165) is 0 Å². The number of nitrogens with zero attached hydrogens (tertiary/aromatic N) is 3. The quantitative estimate of drug-likeness (QED) is 0.915. The van der Waals surface area contributed by atoms with Gasteiger partial charge in [-0.15, -0.1) is 0 Å². The maximum atomic E-state index is 14.0. The Kier molecular flexibility index (Phi) is 3.87. The third-order valence-corrected chi connectivity index (χ3v) is 3.92. The monoisotopic (exact) mass is 330 g/mol. The number of fused-ring (bicyclic) bond motifs is 1. The average molecular weight is 330 g/mol. The van der Waals surface area contributed by atoms with Crippen LogP contribution in [0.4, 0.5) is 15.9 Å². The number of halogens is 1. The van der Waals surface area contributed by atoms with Crippen molar-refractivity contribution in [2.75, 3.05) is 17.2 Å². The van der Waals surface area contributed by atoms with E-state index in [1.165, 1.54) is 20.2 Å². The Bertz CT molecular complexity index is 771. The molecule has 0 aliphatic carbocycles. The number of ether oxygens (including phenoxy) is 1. The summed E-state index contributed by atoms with van der Waals surface area (Å²) in [6.07, 6.45) is 0.990. The first-order valence-corrected chi connectivity index (χ1v) is 7.66. The highest BCUT2D eigenvalue weighted by atomic mass is 19.1. The van der Waals surface area contributed by atoms with Crippen molar-refractivity contribution in [2.45, 2.75) is 32.5 Å². The lowest BCUT2D eigenvalue weighted by molar-refractivity contribution is 0.0988. The molecule has 1 aliphatic rings. The summed E-state index contributed by atoms with van der Waals surface area (Å²) in [5.41, 5.74) is 5.73. The summed E-state index contributed by atoms with van der Waals surface area (Å²) in [7, 11) is 0. The van der Waals surface area contributed by atoms with Gasteiger partial charge in [0.2, 0.25) is 5.88 Å². The lowest BCUT2D eigenvalue weighted by atomic mass is 10.00. The fourth-order valence-corrected chi connectivity index (χ4v) is 2.64. The predicted octanol–water partition coefficient (Wildman–Crippen LogP) is 2.69. The number of rotatable bonds is 2. The normalized spacial score (nSPS) is 17.9. The first-order chi connectivity index (χ1) is 11.3. The highest BCUT2D eigenvalue weighted by molar-refractivity contribution is 6.10. The van der Waals surface area contributed by atoms with Gasteiger partial charge < -0.3 is 15.4 Å². The van der Waals surface area contributed by atoms with Crippen LogP contribution in [0.15, 0.2) is 30.6 Å². The molecule has 0 radical (unpaired) electrons. The van der Waals surface area contributed by atoms with Crippen molar-refractivity contribution in [3.05, 3.63) is 41.7 Å². The molecule has 0 saturated carbocycles. The molecule has 0 spiro atoms. The number of anilines is 2. The molecular weight excluding hydrogens is 311 g/mol. The summed E-state index contributed by atoms with van der Waals surface area (Å²) in [5, 5.41) is 0. The number of nitrogen functional groups attached to an aromatic ring is 1. The second-order valence-electron chi connectivity index (χ2n) is 6.30. The van der Waals surface area contributed by atoms with Gasteiger partial charge >= 0.3 is 0 Å². The van der Waals surface area contributed by atoms with Gasteiger partial charge in [0.25, 0.3) is 5.91 Å². The molecule has 3 rings (SSSR count). The van der Waals surface area contributed by atoms with Crippen molar-refractivity contribution < 1.29 is 13.9 Å². The number of hydrogen-bond acceptors (Lipinski definition) is 5. The number of benzene rings is 1. The maximum Gasteiger partial charge on any atom is 0.267 e. The van der Waals surface area contributed by atoms with Crippen LogP contribution in [0.3, 0.4) is 0 Å². The Balaban J connectivity index is 2.02. The van der Waals surface area contributed by atoms with Crippen molar-refractivity contribution in [3.8, 4) is 5.88 Å². The molecule has 0 fully saturated rings. The van der Waals surface area contributed by atoms with E-state index < -0.39 is 5.67 Å². The number of nitrogens with two attached hydrogens (primary N) is 1. The Morgan fingerprint density at radius 1 is 1.29 bits per heavy atom. The largest absolute Gasteiger partial charge is 0.472 e. The van der Waals surface area contributed by atoms with Crippen LogP contribution in [0.2, 0.25) is 0 Å². The van der Waals surface area contributed by atoms with E-state index in [4.69, 9.17) is 10.5 Å². The minimum atomic E-state index is -1.44. The van der Waals surface area contributed by atoms with Crippen LogP contribution in [-0.2, 0) is 5.67 Å². The zero-order chi connectivity index (χ0) is 17.5. The molecule has 2 N–H and O–H groups in total. The molecule has 1 aromatic heterocycles. The second kappa shape index (κ2) is 5.74. The first kappa shape index (κ1) is 16.2. The SMILES string of the molecule is C[C@@H]1CN(c2ccc(C(C)(C)F)cc2)C(=O)c2c(N)ncnc2O1. The number of amides is 1. The lowest BCUT2D eigenvalue weighted by Crippen LogP contribution is -2.36. The highest BCUT2D eigenvalue weighted by Crippen LogP contribution is 2.31. The van der Waals surface area contributed by atoms with E-state index in [1.807, 2.05) is 6.92 Å². The van der Waals surface area contributed by atoms with Crippen LogP contribution in [0, 0.1) is 0 Å². The van der Waals surface area contributed by atoms with Crippen molar-refractivity contribution >= 4 is 17.4 Å². The summed E-state index contributed by atoms with van der Waals surface area (Å²) in [6, 6.07) is 6.77. The molecule has 1 aromatic carbocycles. The van der Waals surface area contributed by atoms with E-state index in [9.17, 15) is 9.18 Å². The summed E-state index contributed by atoms with van der Waals surface area (Å²) in [6.45, 7) is 5.15. The van der Waals surface area contributed by atoms with Crippen LogP contribution in [0.5, 0.6) is 5.88 Å². The van der Waals surface area contributed by atoms with Gasteiger partial charge in [-0.05, 0) is 38.5 Å². The van der Waals surface area contributed by atoms with Crippen molar-refractivity contribution in [3.63, 3.8) is 0 Å². The van der Waals surface area contributed by atoms with E-state index in [-0.39, 0.29) is 29.3 Å². The van der Waals surface area contributed by atoms with Crippen molar-refractivity contribution in [1.29, 1.82) is 0 Å². The Labute approximate surface area is 139 Å². The Hall–Kier alpha value is -2.70. The predicted molar refractivity (Wildman–Crippen MR) is 88.8 cm³/mol. The maximum absolute atomic E-state index is 14.0. The number of hydrogen-bond donors (Lipinski definition) is 1. The van der Waals surface area contributed by atoms with Crippen molar-refractivity contribution in [1.82, 2.24) is 9.97 Å². The molecule has 1 amide bonds. The van der Waals surface area contributed by atoms with Crippen LogP contribution in [-0.4, -0.2) is 28.5 Å². The summed E-state index contributed by atoms with van der Waals surface area (Å²) in [4.78, 5) is 22.3. The zero-order valence-corrected chi connectivity index (χ0v) is 13.8. The van der Waals surface area contributed by atoms with Crippen LogP contribution >= 0.6 is 0 Å². The van der Waals surface area contributed by atoms with Crippen LogP contribution in [0.25, 0.3) is 0 Å². The average Bonchev–Trinajstić information content (AvgIpc) is 2.64. The van der Waals surface area contributed by atoms with Crippen LogP contribution in [0.1, 0.15) is 36.7 Å². The fraction of sp³-hybridized carbons (Fsp3) is 0.353.